The van der Waals surface area contributed by atoms with Crippen LogP contribution in [0.2, 0.25) is 0 Å². The molecule has 3 heterocycles. The van der Waals surface area contributed by atoms with Crippen molar-refractivity contribution in [3.63, 3.8) is 0 Å². The number of carbonyl (C=O) groups excluding carboxylic acids is 1. The second kappa shape index (κ2) is 5.70. The molecule has 7 heteroatoms. The van der Waals surface area contributed by atoms with Crippen molar-refractivity contribution < 1.29 is 14.3 Å². The van der Waals surface area contributed by atoms with Crippen molar-refractivity contribution in [2.45, 2.75) is 12.1 Å². The van der Waals surface area contributed by atoms with Crippen molar-refractivity contribution >= 4 is 5.91 Å². The molecule has 0 spiro atoms. The zero-order valence-corrected chi connectivity index (χ0v) is 10.7. The molecule has 2 aromatic heterocycles. The summed E-state index contributed by atoms with van der Waals surface area (Å²) in [6, 6.07) is 3.14. The van der Waals surface area contributed by atoms with Gasteiger partial charge in [0.05, 0.1) is 31.6 Å². The molecule has 104 valence electrons. The van der Waals surface area contributed by atoms with Crippen LogP contribution in [0, 0.1) is 0 Å². The highest BCUT2D eigenvalue weighted by Gasteiger charge is 2.31. The fraction of sp³-hybridized carbons (Fsp3) is 0.308. The molecule has 0 aliphatic carbocycles. The summed E-state index contributed by atoms with van der Waals surface area (Å²) in [6.45, 7) is 0.867. The normalized spacial score (nSPS) is 21.6. The molecule has 2 atom stereocenters. The van der Waals surface area contributed by atoms with Crippen LogP contribution in [0.5, 0.6) is 5.75 Å². The largest absolute Gasteiger partial charge is 0.482 e. The Morgan fingerprint density at radius 2 is 2.25 bits per heavy atom. The maximum Gasteiger partial charge on any atom is 0.251 e. The fourth-order valence-electron chi connectivity index (χ4n) is 2.02. The molecule has 0 aromatic carbocycles. The van der Waals surface area contributed by atoms with Crippen LogP contribution in [-0.2, 0) is 4.74 Å². The first-order valence-electron chi connectivity index (χ1n) is 6.27. The van der Waals surface area contributed by atoms with Gasteiger partial charge in [0, 0.05) is 18.0 Å². The molecule has 3 rings (SSSR count). The molecule has 2 aromatic rings. The van der Waals surface area contributed by atoms with Gasteiger partial charge < -0.3 is 14.8 Å². The lowest BCUT2D eigenvalue weighted by atomic mass is 10.2. The van der Waals surface area contributed by atoms with E-state index in [-0.39, 0.29) is 18.1 Å². The molecular weight excluding hydrogens is 260 g/mol. The van der Waals surface area contributed by atoms with E-state index in [1.54, 1.807) is 36.9 Å². The second-order valence-corrected chi connectivity index (χ2v) is 4.44. The van der Waals surface area contributed by atoms with Crippen LogP contribution in [0.15, 0.2) is 36.9 Å². The number of H-pyrrole nitrogens is 1. The first-order chi connectivity index (χ1) is 9.83. The monoisotopic (exact) mass is 274 g/mol. The molecule has 0 radical (unpaired) electrons. The van der Waals surface area contributed by atoms with Gasteiger partial charge in [0.1, 0.15) is 6.10 Å². The summed E-state index contributed by atoms with van der Waals surface area (Å²) >= 11 is 0. The van der Waals surface area contributed by atoms with E-state index in [4.69, 9.17) is 9.47 Å². The maximum absolute atomic E-state index is 12.1. The minimum atomic E-state index is -0.224. The van der Waals surface area contributed by atoms with Gasteiger partial charge in [-0.3, -0.25) is 14.9 Å². The Balaban J connectivity index is 1.63. The van der Waals surface area contributed by atoms with Gasteiger partial charge in [-0.05, 0) is 12.1 Å². The van der Waals surface area contributed by atoms with Crippen LogP contribution in [0.1, 0.15) is 10.4 Å². The highest BCUT2D eigenvalue weighted by molar-refractivity contribution is 5.94. The summed E-state index contributed by atoms with van der Waals surface area (Å²) in [5.74, 6) is 0.465. The van der Waals surface area contributed by atoms with Gasteiger partial charge in [-0.25, -0.2) is 0 Å². The minimum absolute atomic E-state index is 0.163. The Kier molecular flexibility index (Phi) is 3.60. The average molecular weight is 274 g/mol. The van der Waals surface area contributed by atoms with E-state index in [0.717, 1.165) is 0 Å². The van der Waals surface area contributed by atoms with Crippen LogP contribution < -0.4 is 10.1 Å². The number of hydrogen-bond acceptors (Lipinski definition) is 5. The fourth-order valence-corrected chi connectivity index (χ4v) is 2.02. The predicted octanol–water partition coefficient (Wildman–Crippen LogP) is 0.381. The summed E-state index contributed by atoms with van der Waals surface area (Å²) < 4.78 is 11.1. The summed E-state index contributed by atoms with van der Waals surface area (Å²) in [7, 11) is 0. The van der Waals surface area contributed by atoms with Gasteiger partial charge in [0.15, 0.2) is 5.75 Å². The number of nitrogens with one attached hydrogen (secondary N) is 2. The second-order valence-electron chi connectivity index (χ2n) is 4.44. The first-order valence-corrected chi connectivity index (χ1v) is 6.27. The number of aromatic nitrogens is 3. The maximum atomic E-state index is 12.1. The summed E-state index contributed by atoms with van der Waals surface area (Å²) in [5.41, 5.74) is 0.564. The average Bonchev–Trinajstić information content (AvgIpc) is 3.13. The molecule has 1 fully saturated rings. The van der Waals surface area contributed by atoms with Crippen molar-refractivity contribution in [3.8, 4) is 5.75 Å². The molecule has 1 saturated heterocycles. The zero-order valence-electron chi connectivity index (χ0n) is 10.7. The van der Waals surface area contributed by atoms with E-state index < -0.39 is 0 Å². The van der Waals surface area contributed by atoms with E-state index in [2.05, 4.69) is 20.5 Å². The summed E-state index contributed by atoms with van der Waals surface area (Å²) in [5, 5.41) is 9.40. The molecule has 1 aliphatic rings. The Morgan fingerprint density at radius 3 is 3.00 bits per heavy atom. The number of aromatic amines is 1. The first kappa shape index (κ1) is 12.6. The third-order valence-corrected chi connectivity index (χ3v) is 3.05. The number of pyridine rings is 1. The molecule has 7 nitrogen and oxygen atoms in total. The van der Waals surface area contributed by atoms with Gasteiger partial charge in [-0.2, -0.15) is 5.10 Å². The number of amides is 1. The Bertz CT molecular complexity index is 558. The Labute approximate surface area is 115 Å². The third-order valence-electron chi connectivity index (χ3n) is 3.05. The van der Waals surface area contributed by atoms with Gasteiger partial charge in [0.25, 0.3) is 5.91 Å². The van der Waals surface area contributed by atoms with Crippen molar-refractivity contribution in [1.29, 1.82) is 0 Å². The smallest absolute Gasteiger partial charge is 0.251 e. The molecule has 2 N–H and O–H groups in total. The quantitative estimate of drug-likeness (QED) is 0.841. The number of nitrogens with zero attached hydrogens (tertiary/aromatic N) is 2. The van der Waals surface area contributed by atoms with Crippen molar-refractivity contribution in [2.24, 2.45) is 0 Å². The number of ether oxygens (including phenoxy) is 2. The molecule has 20 heavy (non-hydrogen) atoms. The van der Waals surface area contributed by atoms with Crippen molar-refractivity contribution in [3.05, 3.63) is 42.5 Å². The topological polar surface area (TPSA) is 89.1 Å². The third kappa shape index (κ3) is 2.77. The van der Waals surface area contributed by atoms with Gasteiger partial charge in [-0.15, -0.1) is 0 Å². The van der Waals surface area contributed by atoms with Gasteiger partial charge in [-0.1, -0.05) is 0 Å². The minimum Gasteiger partial charge on any atom is -0.482 e. The van der Waals surface area contributed by atoms with Crippen LogP contribution in [0.4, 0.5) is 0 Å². The van der Waals surface area contributed by atoms with E-state index in [0.29, 0.717) is 24.5 Å². The van der Waals surface area contributed by atoms with E-state index in [1.165, 1.54) is 0 Å². The highest BCUT2D eigenvalue weighted by Crippen LogP contribution is 2.15. The lowest BCUT2D eigenvalue weighted by Crippen LogP contribution is -2.45. The Morgan fingerprint density at radius 1 is 1.40 bits per heavy atom. The standard InChI is InChI=1S/C13H14N4O3/c18-13(9-1-3-14-4-2-9)17-11-7-19-8-12(11)20-10-5-15-16-6-10/h1-6,11-12H,7-8H2,(H,15,16)(H,17,18)/t11-,12+/m0/s1. The molecule has 0 bridgehead atoms. The van der Waals surface area contributed by atoms with Crippen molar-refractivity contribution in [2.75, 3.05) is 13.2 Å². The summed E-state index contributed by atoms with van der Waals surface area (Å²) in [4.78, 5) is 16.0. The van der Waals surface area contributed by atoms with E-state index in [1.807, 2.05) is 0 Å². The van der Waals surface area contributed by atoms with E-state index in [9.17, 15) is 4.79 Å². The molecule has 0 unspecified atom stereocenters. The Hall–Kier alpha value is -2.41. The summed E-state index contributed by atoms with van der Waals surface area (Å²) in [6.07, 6.45) is 6.18. The van der Waals surface area contributed by atoms with Gasteiger partial charge >= 0.3 is 0 Å². The highest BCUT2D eigenvalue weighted by atomic mass is 16.5. The lowest BCUT2D eigenvalue weighted by Gasteiger charge is -2.19. The molecule has 0 saturated carbocycles. The number of carbonyl (C=O) groups is 1. The van der Waals surface area contributed by atoms with Crippen LogP contribution in [0.3, 0.4) is 0 Å². The van der Waals surface area contributed by atoms with E-state index >= 15 is 0 Å². The lowest BCUT2D eigenvalue weighted by molar-refractivity contribution is 0.0904. The predicted molar refractivity (Wildman–Crippen MR) is 69.3 cm³/mol. The van der Waals surface area contributed by atoms with Crippen LogP contribution in [0.25, 0.3) is 0 Å². The number of hydrogen-bond donors (Lipinski definition) is 2. The van der Waals surface area contributed by atoms with Crippen LogP contribution >= 0.6 is 0 Å². The van der Waals surface area contributed by atoms with Crippen molar-refractivity contribution in [1.82, 2.24) is 20.5 Å². The molecule has 1 aliphatic heterocycles. The van der Waals surface area contributed by atoms with Gasteiger partial charge in [0.2, 0.25) is 0 Å². The SMILES string of the molecule is O=C(N[C@H]1COC[C@H]1Oc1cn[nH]c1)c1ccncc1. The zero-order chi connectivity index (χ0) is 13.8. The van der Waals surface area contributed by atoms with Crippen LogP contribution in [-0.4, -0.2) is 46.4 Å². The number of rotatable bonds is 4. The molecular formula is C13H14N4O3. The molecule has 1 amide bonds.